The van der Waals surface area contributed by atoms with Gasteiger partial charge in [-0.15, -0.1) is 0 Å². The van der Waals surface area contributed by atoms with Gasteiger partial charge < -0.3 is 9.52 Å². The smallest absolute Gasteiger partial charge is 0.180 e. The molecule has 3 heteroatoms. The number of rotatable bonds is 3. The van der Waals surface area contributed by atoms with Crippen molar-refractivity contribution in [2.75, 3.05) is 6.61 Å². The molecule has 1 heterocycles. The maximum Gasteiger partial charge on any atom is 0.180 e. The standard InChI is InChI=1S/C13H21NO2/c1-10-4-3-5-11(13(10,2)8-15)6-12-7-14-9-16-12/h7,9-11,15H,3-6,8H2,1-2H3. The molecule has 2 rings (SSSR count). The molecule has 3 atom stereocenters. The van der Waals surface area contributed by atoms with E-state index >= 15 is 0 Å². The van der Waals surface area contributed by atoms with E-state index in [0.29, 0.717) is 11.8 Å². The van der Waals surface area contributed by atoms with E-state index in [1.165, 1.54) is 25.7 Å². The molecule has 1 aliphatic rings. The Morgan fingerprint density at radius 1 is 1.56 bits per heavy atom. The third-order valence-electron chi connectivity index (χ3n) is 4.52. The van der Waals surface area contributed by atoms with Crippen molar-refractivity contribution in [3.63, 3.8) is 0 Å². The van der Waals surface area contributed by atoms with Crippen LogP contribution in [0.3, 0.4) is 0 Å². The van der Waals surface area contributed by atoms with Gasteiger partial charge in [0.15, 0.2) is 6.39 Å². The first kappa shape index (κ1) is 11.6. The molecular weight excluding hydrogens is 202 g/mol. The van der Waals surface area contributed by atoms with Gasteiger partial charge in [-0.3, -0.25) is 0 Å². The average molecular weight is 223 g/mol. The average Bonchev–Trinajstić information content (AvgIpc) is 2.78. The first-order chi connectivity index (χ1) is 7.66. The number of aliphatic hydroxyl groups excluding tert-OH is 1. The molecule has 0 spiro atoms. The summed E-state index contributed by atoms with van der Waals surface area (Å²) in [6, 6.07) is 0. The van der Waals surface area contributed by atoms with Crippen LogP contribution >= 0.6 is 0 Å². The Hall–Kier alpha value is -0.830. The summed E-state index contributed by atoms with van der Waals surface area (Å²) in [5.74, 6) is 2.03. The lowest BCUT2D eigenvalue weighted by Gasteiger charge is -2.45. The maximum absolute atomic E-state index is 9.67. The second-order valence-corrected chi connectivity index (χ2v) is 5.36. The van der Waals surface area contributed by atoms with Crippen molar-refractivity contribution in [3.8, 4) is 0 Å². The minimum absolute atomic E-state index is 0.0328. The number of hydrogen-bond donors (Lipinski definition) is 1. The number of hydrogen-bond acceptors (Lipinski definition) is 3. The fourth-order valence-electron chi connectivity index (χ4n) is 2.94. The molecule has 0 aromatic carbocycles. The largest absolute Gasteiger partial charge is 0.449 e. The molecule has 3 unspecified atom stereocenters. The van der Waals surface area contributed by atoms with Crippen LogP contribution in [0.15, 0.2) is 17.0 Å². The lowest BCUT2D eigenvalue weighted by Crippen LogP contribution is -2.41. The molecular formula is C13H21NO2. The molecule has 1 N–H and O–H groups in total. The van der Waals surface area contributed by atoms with Gasteiger partial charge >= 0.3 is 0 Å². The van der Waals surface area contributed by atoms with Crippen molar-refractivity contribution in [1.29, 1.82) is 0 Å². The topological polar surface area (TPSA) is 46.3 Å². The van der Waals surface area contributed by atoms with Crippen LogP contribution in [0.1, 0.15) is 38.9 Å². The molecule has 0 bridgehead atoms. The zero-order valence-electron chi connectivity index (χ0n) is 10.1. The van der Waals surface area contributed by atoms with Crippen LogP contribution in [0, 0.1) is 17.3 Å². The monoisotopic (exact) mass is 223 g/mol. The molecule has 3 nitrogen and oxygen atoms in total. The van der Waals surface area contributed by atoms with E-state index in [2.05, 4.69) is 18.8 Å². The van der Waals surface area contributed by atoms with Crippen LogP contribution in [0.2, 0.25) is 0 Å². The maximum atomic E-state index is 9.67. The summed E-state index contributed by atoms with van der Waals surface area (Å²) in [7, 11) is 0. The van der Waals surface area contributed by atoms with Crippen LogP contribution in [-0.4, -0.2) is 16.7 Å². The predicted octanol–water partition coefficient (Wildman–Crippen LogP) is 2.65. The van der Waals surface area contributed by atoms with E-state index in [0.717, 1.165) is 12.2 Å². The number of aromatic nitrogens is 1. The van der Waals surface area contributed by atoms with E-state index in [4.69, 9.17) is 4.42 Å². The van der Waals surface area contributed by atoms with E-state index < -0.39 is 0 Å². The summed E-state index contributed by atoms with van der Waals surface area (Å²) < 4.78 is 5.32. The Kier molecular flexibility index (Phi) is 3.33. The van der Waals surface area contributed by atoms with Gasteiger partial charge in [0.25, 0.3) is 0 Å². The minimum Gasteiger partial charge on any atom is -0.449 e. The Morgan fingerprint density at radius 3 is 3.00 bits per heavy atom. The van der Waals surface area contributed by atoms with Crippen LogP contribution in [0.4, 0.5) is 0 Å². The second kappa shape index (κ2) is 4.58. The summed E-state index contributed by atoms with van der Waals surface area (Å²) in [5.41, 5.74) is 0.0328. The molecule has 1 saturated carbocycles. The van der Waals surface area contributed by atoms with Crippen LogP contribution < -0.4 is 0 Å². The molecule has 0 saturated heterocycles. The van der Waals surface area contributed by atoms with Gasteiger partial charge in [-0.1, -0.05) is 26.7 Å². The van der Waals surface area contributed by atoms with E-state index in [9.17, 15) is 5.11 Å². The Bertz CT molecular complexity index is 323. The van der Waals surface area contributed by atoms with Gasteiger partial charge in [-0.05, 0) is 23.7 Å². The highest BCUT2D eigenvalue weighted by atomic mass is 16.3. The van der Waals surface area contributed by atoms with Gasteiger partial charge in [0.05, 0.1) is 6.20 Å². The van der Waals surface area contributed by atoms with Crippen molar-refractivity contribution in [2.45, 2.75) is 39.5 Å². The molecule has 0 radical (unpaired) electrons. The van der Waals surface area contributed by atoms with Crippen LogP contribution in [0.25, 0.3) is 0 Å². The van der Waals surface area contributed by atoms with Gasteiger partial charge in [-0.25, -0.2) is 4.98 Å². The lowest BCUT2D eigenvalue weighted by molar-refractivity contribution is -0.00850. The van der Waals surface area contributed by atoms with Crippen molar-refractivity contribution in [2.24, 2.45) is 17.3 Å². The van der Waals surface area contributed by atoms with Crippen molar-refractivity contribution in [3.05, 3.63) is 18.4 Å². The first-order valence-electron chi connectivity index (χ1n) is 6.15. The highest BCUT2D eigenvalue weighted by Crippen LogP contribution is 2.46. The third kappa shape index (κ3) is 2.01. The first-order valence-corrected chi connectivity index (χ1v) is 6.15. The molecule has 0 aliphatic heterocycles. The summed E-state index contributed by atoms with van der Waals surface area (Å²) in [6.07, 6.45) is 7.85. The SMILES string of the molecule is CC1CCCC(Cc2cnco2)C1(C)CO. The van der Waals surface area contributed by atoms with E-state index in [1.54, 1.807) is 6.20 Å². The lowest BCUT2D eigenvalue weighted by atomic mass is 9.61. The zero-order valence-corrected chi connectivity index (χ0v) is 10.1. The highest BCUT2D eigenvalue weighted by molar-refractivity contribution is 4.98. The summed E-state index contributed by atoms with van der Waals surface area (Å²) >= 11 is 0. The fourth-order valence-corrected chi connectivity index (χ4v) is 2.94. The van der Waals surface area contributed by atoms with Crippen LogP contribution in [0.5, 0.6) is 0 Å². The van der Waals surface area contributed by atoms with Gasteiger partial charge in [0, 0.05) is 13.0 Å². The molecule has 1 fully saturated rings. The number of oxazole rings is 1. The Morgan fingerprint density at radius 2 is 2.38 bits per heavy atom. The minimum atomic E-state index is 0.0328. The number of nitrogens with zero attached hydrogens (tertiary/aromatic N) is 1. The van der Waals surface area contributed by atoms with Crippen LogP contribution in [-0.2, 0) is 6.42 Å². The second-order valence-electron chi connectivity index (χ2n) is 5.36. The Balaban J connectivity index is 2.12. The number of aliphatic hydroxyl groups is 1. The quantitative estimate of drug-likeness (QED) is 0.857. The molecule has 16 heavy (non-hydrogen) atoms. The molecule has 1 aromatic heterocycles. The fraction of sp³-hybridized carbons (Fsp3) is 0.769. The van der Waals surface area contributed by atoms with E-state index in [1.807, 2.05) is 0 Å². The molecule has 1 aliphatic carbocycles. The third-order valence-corrected chi connectivity index (χ3v) is 4.52. The normalized spacial score (nSPS) is 35.2. The van der Waals surface area contributed by atoms with Crippen molar-refractivity contribution >= 4 is 0 Å². The zero-order chi connectivity index (χ0) is 11.6. The molecule has 1 aromatic rings. The summed E-state index contributed by atoms with van der Waals surface area (Å²) in [4.78, 5) is 3.95. The molecule has 90 valence electrons. The van der Waals surface area contributed by atoms with Gasteiger partial charge in [0.2, 0.25) is 0 Å². The van der Waals surface area contributed by atoms with Gasteiger partial charge in [0.1, 0.15) is 5.76 Å². The highest BCUT2D eigenvalue weighted by Gasteiger charge is 2.41. The van der Waals surface area contributed by atoms with Crippen molar-refractivity contribution < 1.29 is 9.52 Å². The Labute approximate surface area is 96.9 Å². The predicted molar refractivity (Wildman–Crippen MR) is 61.9 cm³/mol. The van der Waals surface area contributed by atoms with E-state index in [-0.39, 0.29) is 12.0 Å². The summed E-state index contributed by atoms with van der Waals surface area (Å²) in [6.45, 7) is 4.73. The summed E-state index contributed by atoms with van der Waals surface area (Å²) in [5, 5.41) is 9.67. The van der Waals surface area contributed by atoms with Crippen molar-refractivity contribution in [1.82, 2.24) is 4.98 Å². The van der Waals surface area contributed by atoms with Gasteiger partial charge in [-0.2, -0.15) is 0 Å². The molecule has 0 amide bonds.